The molecule has 0 saturated heterocycles. The average Bonchev–Trinajstić information content (AvgIpc) is 2.84. The van der Waals surface area contributed by atoms with E-state index in [0.717, 1.165) is 14.9 Å². The van der Waals surface area contributed by atoms with Gasteiger partial charge in [-0.1, -0.05) is 30.3 Å². The normalized spacial score (nSPS) is 12.2. The third-order valence-electron chi connectivity index (χ3n) is 3.01. The smallest absolute Gasteiger partial charge is 0.239 e. The minimum absolute atomic E-state index is 0.0293. The number of hydrogen-bond acceptors (Lipinski definition) is 3. The van der Waals surface area contributed by atoms with E-state index in [4.69, 9.17) is 5.73 Å². The first-order chi connectivity index (χ1) is 9.56. The molecule has 0 bridgehead atoms. The number of likely N-dealkylation sites (N-methyl/N-ethyl adjacent to an activating group) is 1. The van der Waals surface area contributed by atoms with Crippen LogP contribution >= 0.6 is 27.3 Å². The summed E-state index contributed by atoms with van der Waals surface area (Å²) in [6.45, 7) is 0.595. The van der Waals surface area contributed by atoms with Crippen molar-refractivity contribution < 1.29 is 4.79 Å². The molecule has 1 heterocycles. The third kappa shape index (κ3) is 4.16. The molecule has 0 aliphatic heterocycles. The maximum atomic E-state index is 12.3. The van der Waals surface area contributed by atoms with Gasteiger partial charge in [0, 0.05) is 21.8 Å². The Hall–Kier alpha value is -1.17. The number of nitrogens with zero attached hydrogens (tertiary/aromatic N) is 1. The summed E-state index contributed by atoms with van der Waals surface area (Å²) in [5, 5.41) is 2.01. The van der Waals surface area contributed by atoms with Gasteiger partial charge in [-0.3, -0.25) is 4.79 Å². The van der Waals surface area contributed by atoms with Crippen LogP contribution in [0.3, 0.4) is 0 Å². The van der Waals surface area contributed by atoms with E-state index in [1.165, 1.54) is 0 Å². The van der Waals surface area contributed by atoms with E-state index >= 15 is 0 Å². The molecule has 0 spiro atoms. The van der Waals surface area contributed by atoms with E-state index in [1.54, 1.807) is 23.3 Å². The summed E-state index contributed by atoms with van der Waals surface area (Å²) >= 11 is 5.04. The summed E-state index contributed by atoms with van der Waals surface area (Å²) in [5.74, 6) is -0.0293. The van der Waals surface area contributed by atoms with E-state index < -0.39 is 6.04 Å². The second-order valence-corrected chi connectivity index (χ2v) is 6.63. The molecule has 2 aromatic rings. The Bertz CT molecular complexity index is 570. The molecular formula is C15H17BrN2OS. The Morgan fingerprint density at radius 3 is 2.70 bits per heavy atom. The van der Waals surface area contributed by atoms with Gasteiger partial charge in [0.15, 0.2) is 0 Å². The van der Waals surface area contributed by atoms with Gasteiger partial charge < -0.3 is 10.6 Å². The zero-order valence-electron chi connectivity index (χ0n) is 11.3. The maximum absolute atomic E-state index is 12.3. The van der Waals surface area contributed by atoms with E-state index in [-0.39, 0.29) is 5.91 Å². The van der Waals surface area contributed by atoms with E-state index in [2.05, 4.69) is 15.9 Å². The van der Waals surface area contributed by atoms with Gasteiger partial charge in [0.1, 0.15) is 0 Å². The van der Waals surface area contributed by atoms with Crippen LogP contribution in [0.25, 0.3) is 0 Å². The Balaban J connectivity index is 1.92. The summed E-state index contributed by atoms with van der Waals surface area (Å²) in [5.41, 5.74) is 7.10. The molecule has 20 heavy (non-hydrogen) atoms. The second kappa shape index (κ2) is 7.02. The number of benzene rings is 1. The molecule has 0 aliphatic rings. The predicted molar refractivity (Wildman–Crippen MR) is 86.6 cm³/mol. The molecule has 2 rings (SSSR count). The van der Waals surface area contributed by atoms with Crippen molar-refractivity contribution in [1.29, 1.82) is 0 Å². The fourth-order valence-corrected chi connectivity index (χ4v) is 3.49. The summed E-state index contributed by atoms with van der Waals surface area (Å²) in [6.07, 6.45) is 0.568. The van der Waals surface area contributed by atoms with Crippen LogP contribution in [0.2, 0.25) is 0 Å². The molecule has 3 nitrogen and oxygen atoms in total. The number of carbonyl (C=O) groups excluding carboxylic acids is 1. The number of rotatable bonds is 5. The average molecular weight is 353 g/mol. The highest BCUT2D eigenvalue weighted by molar-refractivity contribution is 9.10. The summed E-state index contributed by atoms with van der Waals surface area (Å²) < 4.78 is 1.05. The monoisotopic (exact) mass is 352 g/mol. The lowest BCUT2D eigenvalue weighted by Crippen LogP contribution is -2.42. The SMILES string of the molecule is CN(Cc1cc(Br)cs1)C(=O)[C@@H](N)Cc1ccccc1. The first-order valence-corrected chi connectivity index (χ1v) is 8.01. The van der Waals surface area contributed by atoms with Gasteiger partial charge in [-0.05, 0) is 34.0 Å². The first kappa shape index (κ1) is 15.2. The van der Waals surface area contributed by atoms with Crippen LogP contribution in [-0.4, -0.2) is 23.9 Å². The van der Waals surface area contributed by atoms with Gasteiger partial charge in [-0.25, -0.2) is 0 Å². The molecule has 0 aliphatic carbocycles. The van der Waals surface area contributed by atoms with Crippen LogP contribution in [-0.2, 0) is 17.8 Å². The molecule has 106 valence electrons. The van der Waals surface area contributed by atoms with Gasteiger partial charge in [0.25, 0.3) is 0 Å². The van der Waals surface area contributed by atoms with Crippen molar-refractivity contribution in [2.45, 2.75) is 19.0 Å². The lowest BCUT2D eigenvalue weighted by atomic mass is 10.1. The van der Waals surface area contributed by atoms with Crippen molar-refractivity contribution >= 4 is 33.2 Å². The first-order valence-electron chi connectivity index (χ1n) is 6.33. The fraction of sp³-hybridized carbons (Fsp3) is 0.267. The molecule has 1 atom stereocenters. The largest absolute Gasteiger partial charge is 0.339 e. The van der Waals surface area contributed by atoms with Crippen molar-refractivity contribution in [2.75, 3.05) is 7.05 Å². The van der Waals surface area contributed by atoms with Crippen LogP contribution in [0.15, 0.2) is 46.3 Å². The topological polar surface area (TPSA) is 46.3 Å². The Morgan fingerprint density at radius 2 is 2.10 bits per heavy atom. The zero-order chi connectivity index (χ0) is 14.5. The highest BCUT2D eigenvalue weighted by atomic mass is 79.9. The van der Waals surface area contributed by atoms with Crippen molar-refractivity contribution in [3.05, 3.63) is 56.7 Å². The zero-order valence-corrected chi connectivity index (χ0v) is 13.7. The molecule has 1 amide bonds. The highest BCUT2D eigenvalue weighted by Crippen LogP contribution is 2.21. The maximum Gasteiger partial charge on any atom is 0.239 e. The molecule has 5 heteroatoms. The van der Waals surface area contributed by atoms with Gasteiger partial charge in [-0.15, -0.1) is 11.3 Å². The minimum Gasteiger partial charge on any atom is -0.339 e. The summed E-state index contributed by atoms with van der Waals surface area (Å²) in [6, 6.07) is 11.4. The number of hydrogen-bond donors (Lipinski definition) is 1. The molecule has 2 N–H and O–H groups in total. The number of halogens is 1. The fourth-order valence-electron chi connectivity index (χ4n) is 1.99. The van der Waals surface area contributed by atoms with E-state index in [9.17, 15) is 4.79 Å². The lowest BCUT2D eigenvalue weighted by Gasteiger charge is -2.20. The standard InChI is InChI=1S/C15H17BrN2OS/c1-18(9-13-8-12(16)10-20-13)15(19)14(17)7-11-5-3-2-4-6-11/h2-6,8,10,14H,7,9,17H2,1H3/t14-/m0/s1. The Labute approximate surface area is 131 Å². The van der Waals surface area contributed by atoms with E-state index in [0.29, 0.717) is 13.0 Å². The Kier molecular flexibility index (Phi) is 5.34. The van der Waals surface area contributed by atoms with Crippen LogP contribution in [0, 0.1) is 0 Å². The van der Waals surface area contributed by atoms with Crippen LogP contribution in [0.1, 0.15) is 10.4 Å². The predicted octanol–water partition coefficient (Wildman–Crippen LogP) is 3.04. The molecule has 0 saturated carbocycles. The summed E-state index contributed by atoms with van der Waals surface area (Å²) in [4.78, 5) is 15.1. The highest BCUT2D eigenvalue weighted by Gasteiger charge is 2.18. The number of thiophene rings is 1. The van der Waals surface area contributed by atoms with Crippen LogP contribution in [0.4, 0.5) is 0 Å². The van der Waals surface area contributed by atoms with Gasteiger partial charge in [-0.2, -0.15) is 0 Å². The number of amides is 1. The molecule has 1 aromatic carbocycles. The molecule has 0 fully saturated rings. The van der Waals surface area contributed by atoms with Gasteiger partial charge in [0.05, 0.1) is 12.6 Å². The lowest BCUT2D eigenvalue weighted by molar-refractivity contribution is -0.131. The molecule has 0 unspecified atom stereocenters. The molecular weight excluding hydrogens is 336 g/mol. The van der Waals surface area contributed by atoms with Crippen LogP contribution in [0.5, 0.6) is 0 Å². The number of nitrogens with two attached hydrogens (primary N) is 1. The number of carbonyl (C=O) groups is 1. The third-order valence-corrected chi connectivity index (χ3v) is 4.69. The van der Waals surface area contributed by atoms with Crippen molar-refractivity contribution in [1.82, 2.24) is 4.90 Å². The molecule has 0 radical (unpaired) electrons. The van der Waals surface area contributed by atoms with Gasteiger partial charge >= 0.3 is 0 Å². The van der Waals surface area contributed by atoms with Gasteiger partial charge in [0.2, 0.25) is 5.91 Å². The van der Waals surface area contributed by atoms with Crippen molar-refractivity contribution in [3.63, 3.8) is 0 Å². The Morgan fingerprint density at radius 1 is 1.40 bits per heavy atom. The quantitative estimate of drug-likeness (QED) is 0.898. The minimum atomic E-state index is -0.495. The second-order valence-electron chi connectivity index (χ2n) is 4.72. The molecule has 1 aromatic heterocycles. The van der Waals surface area contributed by atoms with Crippen molar-refractivity contribution in [2.24, 2.45) is 5.73 Å². The van der Waals surface area contributed by atoms with Crippen LogP contribution < -0.4 is 5.73 Å². The van der Waals surface area contributed by atoms with E-state index in [1.807, 2.05) is 41.8 Å². The summed E-state index contributed by atoms with van der Waals surface area (Å²) in [7, 11) is 1.79. The van der Waals surface area contributed by atoms with Crippen molar-refractivity contribution in [3.8, 4) is 0 Å².